The zero-order chi connectivity index (χ0) is 17.4. The number of aryl methyl sites for hydroxylation is 1. The van der Waals surface area contributed by atoms with Gasteiger partial charge < -0.3 is 20.1 Å². The number of hydrogen-bond acceptors (Lipinski definition) is 5. The summed E-state index contributed by atoms with van der Waals surface area (Å²) in [6, 6.07) is 1.66. The number of nitrogens with zero attached hydrogens (tertiary/aromatic N) is 4. The normalized spacial score (nSPS) is 13.5. The summed E-state index contributed by atoms with van der Waals surface area (Å²) in [5.74, 6) is 1.07. The van der Waals surface area contributed by atoms with E-state index < -0.39 is 0 Å². The summed E-state index contributed by atoms with van der Waals surface area (Å²) in [5.41, 5.74) is 3.02. The molecule has 0 spiro atoms. The van der Waals surface area contributed by atoms with E-state index in [0.717, 1.165) is 17.2 Å². The monoisotopic (exact) mass is 328 g/mol. The minimum absolute atomic E-state index is 0.0687. The Morgan fingerprint density at radius 3 is 2.79 bits per heavy atom. The summed E-state index contributed by atoms with van der Waals surface area (Å²) in [4.78, 5) is 34.3. The maximum atomic E-state index is 12.4. The van der Waals surface area contributed by atoms with Crippen LogP contribution in [0.2, 0.25) is 0 Å². The van der Waals surface area contributed by atoms with E-state index in [9.17, 15) is 9.59 Å². The third kappa shape index (κ3) is 2.70. The highest BCUT2D eigenvalue weighted by atomic mass is 16.2. The van der Waals surface area contributed by atoms with Crippen molar-refractivity contribution in [2.45, 2.75) is 20.4 Å². The van der Waals surface area contributed by atoms with Crippen LogP contribution in [0.4, 0.5) is 11.5 Å². The lowest BCUT2D eigenvalue weighted by Gasteiger charge is -2.26. The zero-order valence-corrected chi connectivity index (χ0v) is 14.2. The van der Waals surface area contributed by atoms with Crippen molar-refractivity contribution in [3.05, 3.63) is 35.0 Å². The maximum Gasteiger partial charge on any atom is 0.253 e. The van der Waals surface area contributed by atoms with Gasteiger partial charge in [0.25, 0.3) is 5.91 Å². The Balaban J connectivity index is 1.76. The van der Waals surface area contributed by atoms with E-state index in [1.54, 1.807) is 13.1 Å². The predicted octanol–water partition coefficient (Wildman–Crippen LogP) is 0.750. The second-order valence-electron chi connectivity index (χ2n) is 5.84. The first-order valence-corrected chi connectivity index (χ1v) is 7.66. The highest BCUT2D eigenvalue weighted by Gasteiger charge is 2.23. The van der Waals surface area contributed by atoms with Crippen molar-refractivity contribution in [3.8, 4) is 0 Å². The van der Waals surface area contributed by atoms with Crippen LogP contribution in [0.15, 0.2) is 12.3 Å². The average molecular weight is 328 g/mol. The molecule has 0 aromatic carbocycles. The Hall–Kier alpha value is -2.90. The van der Waals surface area contributed by atoms with Crippen molar-refractivity contribution in [1.29, 1.82) is 0 Å². The first-order chi connectivity index (χ1) is 11.4. The fourth-order valence-electron chi connectivity index (χ4n) is 2.59. The number of carbonyl (C=O) groups excluding carboxylic acids is 2. The van der Waals surface area contributed by atoms with Gasteiger partial charge in [0.15, 0.2) is 0 Å². The highest BCUT2D eigenvalue weighted by molar-refractivity contribution is 6.03. The van der Waals surface area contributed by atoms with E-state index in [4.69, 9.17) is 0 Å². The van der Waals surface area contributed by atoms with Crippen molar-refractivity contribution >= 4 is 23.3 Å². The number of hydrogen-bond donors (Lipinski definition) is 2. The molecule has 0 saturated carbocycles. The zero-order valence-electron chi connectivity index (χ0n) is 14.2. The molecule has 1 aliphatic rings. The number of likely N-dealkylation sites (N-methyl/N-ethyl adjacent to an activating group) is 1. The summed E-state index contributed by atoms with van der Waals surface area (Å²) in [5, 5.41) is 5.78. The summed E-state index contributed by atoms with van der Waals surface area (Å²) < 4.78 is 1.96. The fourth-order valence-corrected chi connectivity index (χ4v) is 2.59. The second-order valence-corrected chi connectivity index (χ2v) is 5.84. The quantitative estimate of drug-likeness (QED) is 0.867. The van der Waals surface area contributed by atoms with Crippen LogP contribution < -0.4 is 15.5 Å². The number of imidazole rings is 1. The Kier molecular flexibility index (Phi) is 3.96. The molecule has 0 aliphatic carbocycles. The summed E-state index contributed by atoms with van der Waals surface area (Å²) >= 11 is 0. The molecule has 2 N–H and O–H groups in total. The van der Waals surface area contributed by atoms with Gasteiger partial charge in [-0.25, -0.2) is 9.97 Å². The Labute approximate surface area is 139 Å². The van der Waals surface area contributed by atoms with Gasteiger partial charge in [0.2, 0.25) is 5.91 Å². The molecule has 0 saturated heterocycles. The summed E-state index contributed by atoms with van der Waals surface area (Å²) in [7, 11) is 3.59. The van der Waals surface area contributed by atoms with E-state index in [1.165, 1.54) is 11.1 Å². The number of anilines is 2. The van der Waals surface area contributed by atoms with Gasteiger partial charge in [-0.3, -0.25) is 9.59 Å². The van der Waals surface area contributed by atoms with Gasteiger partial charge in [-0.05, 0) is 19.9 Å². The van der Waals surface area contributed by atoms with Gasteiger partial charge in [-0.15, -0.1) is 0 Å². The van der Waals surface area contributed by atoms with E-state index in [2.05, 4.69) is 20.6 Å². The molecule has 126 valence electrons. The van der Waals surface area contributed by atoms with Crippen molar-refractivity contribution < 1.29 is 9.59 Å². The lowest BCUT2D eigenvalue weighted by molar-refractivity contribution is -0.116. The number of fused-ring (bicyclic) bond motifs is 1. The molecule has 2 aromatic rings. The Morgan fingerprint density at radius 2 is 2.12 bits per heavy atom. The van der Waals surface area contributed by atoms with Crippen molar-refractivity contribution in [1.82, 2.24) is 19.9 Å². The molecular formula is C16H20N6O2. The lowest BCUT2D eigenvalue weighted by Crippen LogP contribution is -2.37. The minimum Gasteiger partial charge on any atom is -0.359 e. The molecule has 8 heteroatoms. The molecule has 8 nitrogen and oxygen atoms in total. The molecular weight excluding hydrogens is 308 g/mol. The van der Waals surface area contributed by atoms with Gasteiger partial charge in [-0.1, -0.05) is 0 Å². The number of rotatable bonds is 3. The molecule has 24 heavy (non-hydrogen) atoms. The number of pyridine rings is 1. The van der Waals surface area contributed by atoms with E-state index in [-0.39, 0.29) is 18.4 Å². The molecule has 0 radical (unpaired) electrons. The summed E-state index contributed by atoms with van der Waals surface area (Å²) in [6.07, 6.45) is 1.50. The highest BCUT2D eigenvalue weighted by Crippen LogP contribution is 2.26. The third-order valence-electron chi connectivity index (χ3n) is 4.39. The fraction of sp³-hybridized carbons (Fsp3) is 0.375. The van der Waals surface area contributed by atoms with Crippen molar-refractivity contribution in [2.24, 2.45) is 7.05 Å². The molecule has 0 fully saturated rings. The molecule has 0 bridgehead atoms. The number of carbonyl (C=O) groups is 2. The molecule has 2 amide bonds. The number of nitrogens with one attached hydrogen (secondary N) is 2. The van der Waals surface area contributed by atoms with Crippen LogP contribution in [0.25, 0.3) is 0 Å². The van der Waals surface area contributed by atoms with Gasteiger partial charge in [0, 0.05) is 26.0 Å². The Morgan fingerprint density at radius 1 is 1.38 bits per heavy atom. The molecule has 0 unspecified atom stereocenters. The van der Waals surface area contributed by atoms with Crippen LogP contribution in [0.1, 0.15) is 27.6 Å². The largest absolute Gasteiger partial charge is 0.359 e. The molecule has 2 aromatic heterocycles. The van der Waals surface area contributed by atoms with E-state index >= 15 is 0 Å². The van der Waals surface area contributed by atoms with E-state index in [0.29, 0.717) is 23.6 Å². The van der Waals surface area contributed by atoms with Crippen LogP contribution >= 0.6 is 0 Å². The maximum absolute atomic E-state index is 12.4. The number of aromatic nitrogens is 3. The minimum atomic E-state index is -0.255. The first-order valence-electron chi connectivity index (χ1n) is 7.66. The Bertz CT molecular complexity index is 826. The van der Waals surface area contributed by atoms with Crippen LogP contribution in [0.5, 0.6) is 0 Å². The van der Waals surface area contributed by atoms with Crippen LogP contribution in [0, 0.1) is 13.8 Å². The smallest absolute Gasteiger partial charge is 0.253 e. The third-order valence-corrected chi connectivity index (χ3v) is 4.39. The van der Waals surface area contributed by atoms with E-state index in [1.807, 2.05) is 25.5 Å². The predicted molar refractivity (Wildman–Crippen MR) is 90.0 cm³/mol. The number of amides is 2. The molecule has 1 aliphatic heterocycles. The standard InChI is InChI=1S/C16H20N6O2/c1-9-10(2)21(3)13(20-9)7-19-16(24)11-5-12-15(17-6-11)18-8-14(23)22(12)4/h5-6H,7-8H2,1-4H3,(H,17,18)(H,19,24). The van der Waals surface area contributed by atoms with Crippen molar-refractivity contribution in [3.63, 3.8) is 0 Å². The lowest BCUT2D eigenvalue weighted by atomic mass is 10.2. The second kappa shape index (κ2) is 5.95. The molecule has 0 atom stereocenters. The van der Waals surface area contributed by atoms with Gasteiger partial charge in [0.05, 0.1) is 30.0 Å². The van der Waals surface area contributed by atoms with Gasteiger partial charge in [-0.2, -0.15) is 0 Å². The van der Waals surface area contributed by atoms with Gasteiger partial charge in [0.1, 0.15) is 11.6 Å². The van der Waals surface area contributed by atoms with Gasteiger partial charge >= 0.3 is 0 Å². The van der Waals surface area contributed by atoms with Crippen molar-refractivity contribution in [2.75, 3.05) is 23.8 Å². The molecule has 3 heterocycles. The molecule has 3 rings (SSSR count). The van der Waals surface area contributed by atoms with Crippen LogP contribution in [-0.2, 0) is 18.4 Å². The SMILES string of the molecule is Cc1nc(CNC(=O)c2cnc3c(c2)N(C)C(=O)CN3)n(C)c1C. The first kappa shape index (κ1) is 16.0. The topological polar surface area (TPSA) is 92.2 Å². The van der Waals surface area contributed by atoms with Crippen LogP contribution in [0.3, 0.4) is 0 Å². The van der Waals surface area contributed by atoms with Crippen LogP contribution in [-0.4, -0.2) is 39.9 Å². The summed E-state index contributed by atoms with van der Waals surface area (Å²) in [6.45, 7) is 4.46. The average Bonchev–Trinajstić information content (AvgIpc) is 2.83.